The Kier molecular flexibility index (Phi) is 5.39. The largest absolute Gasteiger partial charge is 0.497 e. The summed E-state index contributed by atoms with van der Waals surface area (Å²) in [6.07, 6.45) is 4.56. The van der Waals surface area contributed by atoms with E-state index in [1.165, 1.54) is 0 Å². The van der Waals surface area contributed by atoms with E-state index in [1.54, 1.807) is 13.3 Å². The van der Waals surface area contributed by atoms with Crippen molar-refractivity contribution in [1.82, 2.24) is 24.4 Å². The van der Waals surface area contributed by atoms with Crippen molar-refractivity contribution in [2.45, 2.75) is 25.1 Å². The number of methoxy groups -OCH3 is 1. The van der Waals surface area contributed by atoms with Gasteiger partial charge >= 0.3 is 5.69 Å². The maximum Gasteiger partial charge on any atom is 0.326 e. The van der Waals surface area contributed by atoms with Crippen LogP contribution in [0.5, 0.6) is 5.75 Å². The van der Waals surface area contributed by atoms with Gasteiger partial charge in [0, 0.05) is 24.7 Å². The van der Waals surface area contributed by atoms with Gasteiger partial charge < -0.3 is 19.8 Å². The molecule has 0 aliphatic carbocycles. The van der Waals surface area contributed by atoms with Crippen molar-refractivity contribution < 1.29 is 9.84 Å². The molecule has 2 aromatic carbocycles. The number of aromatic amines is 2. The first-order chi connectivity index (χ1) is 17.1. The number of hydrogen-bond donors (Lipinski definition) is 3. The van der Waals surface area contributed by atoms with Gasteiger partial charge in [-0.25, -0.2) is 9.78 Å². The molecule has 3 aromatic heterocycles. The summed E-state index contributed by atoms with van der Waals surface area (Å²) in [7, 11) is 1.66. The van der Waals surface area contributed by atoms with Crippen molar-refractivity contribution in [1.29, 1.82) is 0 Å². The Hall–Kier alpha value is -3.88. The smallest absolute Gasteiger partial charge is 0.326 e. The SMILES string of the molecule is COc1cccc(-c2ccc(C(O)N3CCC[C@@H](n4c(=O)[nH]c5cnc6[nH]ccc6c54)C3)cc2)c1. The van der Waals surface area contributed by atoms with Crippen LogP contribution in [0, 0.1) is 0 Å². The summed E-state index contributed by atoms with van der Waals surface area (Å²) >= 11 is 0. The third-order valence-electron chi connectivity index (χ3n) is 7.01. The maximum absolute atomic E-state index is 12.9. The lowest BCUT2D eigenvalue weighted by Gasteiger charge is -2.36. The second-order valence-corrected chi connectivity index (χ2v) is 9.08. The third-order valence-corrected chi connectivity index (χ3v) is 7.01. The van der Waals surface area contributed by atoms with Gasteiger partial charge in [0.25, 0.3) is 0 Å². The number of pyridine rings is 1. The zero-order valence-corrected chi connectivity index (χ0v) is 19.4. The van der Waals surface area contributed by atoms with Crippen molar-refractivity contribution in [2.75, 3.05) is 20.2 Å². The van der Waals surface area contributed by atoms with E-state index in [-0.39, 0.29) is 11.7 Å². The minimum absolute atomic E-state index is 0.0452. The van der Waals surface area contributed by atoms with Crippen molar-refractivity contribution in [3.05, 3.63) is 83.0 Å². The molecule has 0 bridgehead atoms. The lowest BCUT2D eigenvalue weighted by molar-refractivity contribution is -0.0218. The number of rotatable bonds is 5. The fraction of sp³-hybridized carbons (Fsp3) is 0.259. The highest BCUT2D eigenvalue weighted by Crippen LogP contribution is 2.32. The van der Waals surface area contributed by atoms with E-state index in [2.05, 4.69) is 19.9 Å². The zero-order chi connectivity index (χ0) is 23.9. The number of aliphatic hydroxyl groups excluding tert-OH is 1. The Morgan fingerprint density at radius 1 is 1.14 bits per heavy atom. The van der Waals surface area contributed by atoms with Gasteiger partial charge in [0.1, 0.15) is 17.6 Å². The molecule has 8 heteroatoms. The Morgan fingerprint density at radius 2 is 2.00 bits per heavy atom. The summed E-state index contributed by atoms with van der Waals surface area (Å²) < 4.78 is 7.18. The summed E-state index contributed by atoms with van der Waals surface area (Å²) in [4.78, 5) is 25.5. The Balaban J connectivity index is 1.26. The molecule has 3 N–H and O–H groups in total. The quantitative estimate of drug-likeness (QED) is 0.358. The maximum atomic E-state index is 12.9. The van der Waals surface area contributed by atoms with Gasteiger partial charge in [-0.2, -0.15) is 0 Å². The number of benzene rings is 2. The molecular formula is C27H27N5O3. The number of piperidine rings is 1. The fourth-order valence-electron chi connectivity index (χ4n) is 5.25. The van der Waals surface area contributed by atoms with Gasteiger partial charge in [0.05, 0.1) is 30.4 Å². The van der Waals surface area contributed by atoms with E-state index in [0.717, 1.165) is 63.9 Å². The molecule has 1 aliphatic rings. The van der Waals surface area contributed by atoms with Crippen LogP contribution in [0.25, 0.3) is 33.2 Å². The standard InChI is InChI=1S/C27H27N5O3/c1-35-21-6-2-4-19(14-21)17-7-9-18(10-8-17)26(33)31-13-3-5-20(16-31)32-24-22-11-12-28-25(22)29-15-23(24)30-27(32)34/h2,4,6-12,14-15,20,26,33H,3,5,13,16H2,1H3,(H,28,29)(H,30,34)/t20-,26?/m1/s1. The number of nitrogens with zero attached hydrogens (tertiary/aromatic N) is 3. The predicted octanol–water partition coefficient (Wildman–Crippen LogP) is 4.21. The van der Waals surface area contributed by atoms with E-state index in [0.29, 0.717) is 6.54 Å². The van der Waals surface area contributed by atoms with Gasteiger partial charge in [0.15, 0.2) is 0 Å². The number of hydrogen-bond acceptors (Lipinski definition) is 5. The molecule has 6 rings (SSSR count). The minimum atomic E-state index is -0.744. The first kappa shape index (κ1) is 21.6. The molecule has 1 aliphatic heterocycles. The molecule has 1 saturated heterocycles. The predicted molar refractivity (Wildman–Crippen MR) is 135 cm³/mol. The van der Waals surface area contributed by atoms with Gasteiger partial charge in [-0.3, -0.25) is 9.47 Å². The van der Waals surface area contributed by atoms with E-state index in [9.17, 15) is 9.90 Å². The fourth-order valence-corrected chi connectivity index (χ4v) is 5.25. The Bertz CT molecular complexity index is 1550. The van der Waals surface area contributed by atoms with E-state index in [1.807, 2.05) is 65.4 Å². The molecular weight excluding hydrogens is 442 g/mol. The highest BCUT2D eigenvalue weighted by Gasteiger charge is 2.29. The first-order valence-electron chi connectivity index (χ1n) is 11.8. The molecule has 0 radical (unpaired) electrons. The van der Waals surface area contributed by atoms with Gasteiger partial charge in [0.2, 0.25) is 0 Å². The molecule has 8 nitrogen and oxygen atoms in total. The van der Waals surface area contributed by atoms with E-state index in [4.69, 9.17) is 4.74 Å². The summed E-state index contributed by atoms with van der Waals surface area (Å²) in [5.74, 6) is 0.811. The van der Waals surface area contributed by atoms with Crippen LogP contribution in [-0.2, 0) is 0 Å². The number of H-pyrrole nitrogens is 2. The summed E-state index contributed by atoms with van der Waals surface area (Å²) in [6.45, 7) is 1.35. The Morgan fingerprint density at radius 3 is 2.83 bits per heavy atom. The normalized spacial score (nSPS) is 17.7. The number of aliphatic hydroxyl groups is 1. The van der Waals surface area contributed by atoms with Crippen LogP contribution in [-0.4, -0.2) is 49.7 Å². The first-order valence-corrected chi connectivity index (χ1v) is 11.8. The number of ether oxygens (including phenoxy) is 1. The minimum Gasteiger partial charge on any atom is -0.497 e. The van der Waals surface area contributed by atoms with Gasteiger partial charge in [-0.1, -0.05) is 36.4 Å². The van der Waals surface area contributed by atoms with E-state index >= 15 is 0 Å². The number of nitrogens with one attached hydrogen (secondary N) is 2. The molecule has 2 atom stereocenters. The Labute approximate surface area is 201 Å². The number of likely N-dealkylation sites (tertiary alicyclic amines) is 1. The number of fused-ring (bicyclic) bond motifs is 3. The summed E-state index contributed by atoms with van der Waals surface area (Å²) in [5.41, 5.74) is 5.17. The van der Waals surface area contributed by atoms with Gasteiger partial charge in [-0.15, -0.1) is 0 Å². The zero-order valence-electron chi connectivity index (χ0n) is 19.4. The summed E-state index contributed by atoms with van der Waals surface area (Å²) in [6, 6.07) is 17.8. The van der Waals surface area contributed by atoms with Crippen LogP contribution in [0.15, 0.2) is 71.8 Å². The highest BCUT2D eigenvalue weighted by molar-refractivity contribution is 6.00. The number of imidazole rings is 1. The van der Waals surface area contributed by atoms with Crippen molar-refractivity contribution >= 4 is 22.1 Å². The lowest BCUT2D eigenvalue weighted by atomic mass is 10.0. The second kappa shape index (κ2) is 8.72. The molecule has 35 heavy (non-hydrogen) atoms. The molecule has 178 valence electrons. The monoisotopic (exact) mass is 469 g/mol. The van der Waals surface area contributed by atoms with Crippen molar-refractivity contribution in [2.24, 2.45) is 0 Å². The topological polar surface area (TPSA) is 99.2 Å². The van der Waals surface area contributed by atoms with Crippen LogP contribution in [0.2, 0.25) is 0 Å². The van der Waals surface area contributed by atoms with E-state index < -0.39 is 6.23 Å². The lowest BCUT2D eigenvalue weighted by Crippen LogP contribution is -2.41. The van der Waals surface area contributed by atoms with Crippen molar-refractivity contribution in [3.63, 3.8) is 0 Å². The third kappa shape index (κ3) is 3.80. The average molecular weight is 470 g/mol. The van der Waals surface area contributed by atoms with Crippen LogP contribution in [0.1, 0.15) is 30.7 Å². The molecule has 1 fully saturated rings. The van der Waals surface area contributed by atoms with Crippen LogP contribution in [0.3, 0.4) is 0 Å². The second-order valence-electron chi connectivity index (χ2n) is 9.08. The molecule has 5 aromatic rings. The van der Waals surface area contributed by atoms with Crippen LogP contribution >= 0.6 is 0 Å². The molecule has 1 unspecified atom stereocenters. The highest BCUT2D eigenvalue weighted by atomic mass is 16.5. The van der Waals surface area contributed by atoms with Gasteiger partial charge in [-0.05, 0) is 47.7 Å². The van der Waals surface area contributed by atoms with Crippen LogP contribution < -0.4 is 10.4 Å². The molecule has 0 amide bonds. The number of aromatic nitrogens is 4. The molecule has 0 spiro atoms. The molecule has 4 heterocycles. The summed E-state index contributed by atoms with van der Waals surface area (Å²) in [5, 5.41) is 12.1. The average Bonchev–Trinajstić information content (AvgIpc) is 3.52. The van der Waals surface area contributed by atoms with Crippen molar-refractivity contribution in [3.8, 4) is 16.9 Å². The van der Waals surface area contributed by atoms with Crippen LogP contribution in [0.4, 0.5) is 0 Å². The molecule has 0 saturated carbocycles.